The third kappa shape index (κ3) is 2.87. The van der Waals surface area contributed by atoms with Gasteiger partial charge < -0.3 is 15.2 Å². The predicted molar refractivity (Wildman–Crippen MR) is 73.1 cm³/mol. The van der Waals surface area contributed by atoms with Gasteiger partial charge in [0.25, 0.3) is 5.91 Å². The van der Waals surface area contributed by atoms with Gasteiger partial charge in [-0.1, -0.05) is 11.6 Å². The molecule has 0 radical (unpaired) electrons. The van der Waals surface area contributed by atoms with Crippen LogP contribution in [0.3, 0.4) is 0 Å². The van der Waals surface area contributed by atoms with Crippen molar-refractivity contribution in [2.45, 2.75) is 45.3 Å². The topological polar surface area (TPSA) is 46.1 Å². The molecule has 1 aromatic rings. The molecule has 2 rings (SSSR count). The van der Waals surface area contributed by atoms with Gasteiger partial charge in [0, 0.05) is 24.8 Å². The standard InChI is InChI=1S/C13H20ClN3O/c1-3-17-8-10(14)7-12(17)13(18)16-11-5-4-6-15-9(11)2/h7-9,11,15H,3-6H2,1-2H3,(H,16,18). The van der Waals surface area contributed by atoms with E-state index in [0.29, 0.717) is 16.8 Å². The third-order valence-corrected chi connectivity index (χ3v) is 3.72. The summed E-state index contributed by atoms with van der Waals surface area (Å²) >= 11 is 5.95. The zero-order chi connectivity index (χ0) is 13.1. The van der Waals surface area contributed by atoms with Crippen LogP contribution in [-0.4, -0.2) is 29.1 Å². The van der Waals surface area contributed by atoms with E-state index in [2.05, 4.69) is 17.6 Å². The van der Waals surface area contributed by atoms with Gasteiger partial charge in [-0.05, 0) is 39.3 Å². The number of piperidine rings is 1. The smallest absolute Gasteiger partial charge is 0.268 e. The van der Waals surface area contributed by atoms with Crippen molar-refractivity contribution >= 4 is 17.5 Å². The zero-order valence-electron chi connectivity index (χ0n) is 10.9. The van der Waals surface area contributed by atoms with Gasteiger partial charge in [-0.15, -0.1) is 0 Å². The normalized spacial score (nSPS) is 23.9. The van der Waals surface area contributed by atoms with E-state index in [0.717, 1.165) is 25.9 Å². The van der Waals surface area contributed by atoms with Crippen molar-refractivity contribution in [2.24, 2.45) is 0 Å². The third-order valence-electron chi connectivity index (χ3n) is 3.51. The van der Waals surface area contributed by atoms with Crippen LogP contribution >= 0.6 is 11.6 Å². The van der Waals surface area contributed by atoms with E-state index in [1.807, 2.05) is 11.5 Å². The van der Waals surface area contributed by atoms with Crippen LogP contribution in [0, 0.1) is 0 Å². The fraction of sp³-hybridized carbons (Fsp3) is 0.615. The molecule has 1 aromatic heterocycles. The Morgan fingerprint density at radius 1 is 1.67 bits per heavy atom. The maximum atomic E-state index is 12.2. The van der Waals surface area contributed by atoms with Crippen LogP contribution in [-0.2, 0) is 6.54 Å². The molecule has 2 heterocycles. The summed E-state index contributed by atoms with van der Waals surface area (Å²) in [5.74, 6) is -0.0377. The highest BCUT2D eigenvalue weighted by Gasteiger charge is 2.24. The lowest BCUT2D eigenvalue weighted by atomic mass is 10.00. The first-order chi connectivity index (χ1) is 8.61. The quantitative estimate of drug-likeness (QED) is 0.882. The first-order valence-corrected chi connectivity index (χ1v) is 6.89. The fourth-order valence-corrected chi connectivity index (χ4v) is 2.63. The molecule has 2 atom stereocenters. The Morgan fingerprint density at radius 2 is 2.44 bits per heavy atom. The van der Waals surface area contributed by atoms with Crippen LogP contribution in [0.5, 0.6) is 0 Å². The molecule has 1 amide bonds. The highest BCUT2D eigenvalue weighted by molar-refractivity contribution is 6.31. The second-order valence-corrected chi connectivity index (χ2v) is 5.23. The summed E-state index contributed by atoms with van der Waals surface area (Å²) in [6, 6.07) is 2.25. The molecule has 2 unspecified atom stereocenters. The summed E-state index contributed by atoms with van der Waals surface area (Å²) < 4.78 is 1.87. The van der Waals surface area contributed by atoms with E-state index in [9.17, 15) is 4.79 Å². The average molecular weight is 270 g/mol. The van der Waals surface area contributed by atoms with Crippen LogP contribution < -0.4 is 10.6 Å². The second kappa shape index (κ2) is 5.76. The maximum absolute atomic E-state index is 12.2. The molecule has 0 bridgehead atoms. The molecule has 0 spiro atoms. The Kier molecular flexibility index (Phi) is 4.30. The minimum absolute atomic E-state index is 0.0377. The van der Waals surface area contributed by atoms with Crippen LogP contribution in [0.2, 0.25) is 5.02 Å². The predicted octanol–water partition coefficient (Wildman–Crippen LogP) is 2.03. The molecule has 1 aliphatic rings. The number of carbonyl (C=O) groups excluding carboxylic acids is 1. The molecule has 100 valence electrons. The second-order valence-electron chi connectivity index (χ2n) is 4.79. The van der Waals surface area contributed by atoms with Crippen molar-refractivity contribution in [1.29, 1.82) is 0 Å². The number of halogens is 1. The first kappa shape index (κ1) is 13.4. The van der Waals surface area contributed by atoms with E-state index in [-0.39, 0.29) is 11.9 Å². The number of aryl methyl sites for hydroxylation is 1. The van der Waals surface area contributed by atoms with Gasteiger partial charge in [-0.2, -0.15) is 0 Å². The van der Waals surface area contributed by atoms with E-state index in [4.69, 9.17) is 11.6 Å². The van der Waals surface area contributed by atoms with Crippen LogP contribution in [0.1, 0.15) is 37.2 Å². The van der Waals surface area contributed by atoms with E-state index < -0.39 is 0 Å². The molecule has 1 aliphatic heterocycles. The van der Waals surface area contributed by atoms with E-state index in [1.54, 1.807) is 12.3 Å². The number of carbonyl (C=O) groups is 1. The Hall–Kier alpha value is -1.00. The summed E-state index contributed by atoms with van der Waals surface area (Å²) in [5.41, 5.74) is 0.639. The molecule has 0 aromatic carbocycles. The SMILES string of the molecule is CCn1cc(Cl)cc1C(=O)NC1CCCNC1C. The van der Waals surface area contributed by atoms with Crippen LogP contribution in [0.25, 0.3) is 0 Å². The number of nitrogens with one attached hydrogen (secondary N) is 2. The Balaban J connectivity index is 2.06. The van der Waals surface area contributed by atoms with Gasteiger partial charge in [0.15, 0.2) is 0 Å². The monoisotopic (exact) mass is 269 g/mol. The average Bonchev–Trinajstić information content (AvgIpc) is 2.73. The van der Waals surface area contributed by atoms with Crippen molar-refractivity contribution in [3.63, 3.8) is 0 Å². The maximum Gasteiger partial charge on any atom is 0.268 e. The molecule has 5 heteroatoms. The van der Waals surface area contributed by atoms with Gasteiger partial charge in [0.05, 0.1) is 5.02 Å². The molecule has 0 aliphatic carbocycles. The van der Waals surface area contributed by atoms with Crippen LogP contribution in [0.4, 0.5) is 0 Å². The van der Waals surface area contributed by atoms with Gasteiger partial charge in [-0.25, -0.2) is 0 Å². The number of nitrogens with zero attached hydrogens (tertiary/aromatic N) is 1. The van der Waals surface area contributed by atoms with Crippen molar-refractivity contribution in [3.8, 4) is 0 Å². The van der Waals surface area contributed by atoms with Crippen molar-refractivity contribution in [3.05, 3.63) is 23.0 Å². The lowest BCUT2D eigenvalue weighted by molar-refractivity contribution is 0.0910. The van der Waals surface area contributed by atoms with Crippen molar-refractivity contribution in [1.82, 2.24) is 15.2 Å². The number of amides is 1. The largest absolute Gasteiger partial charge is 0.346 e. The molecule has 0 saturated carbocycles. The van der Waals surface area contributed by atoms with E-state index >= 15 is 0 Å². The van der Waals surface area contributed by atoms with Crippen LogP contribution in [0.15, 0.2) is 12.3 Å². The number of aromatic nitrogens is 1. The minimum atomic E-state index is -0.0377. The first-order valence-electron chi connectivity index (χ1n) is 6.51. The lowest BCUT2D eigenvalue weighted by Crippen LogP contribution is -2.52. The lowest BCUT2D eigenvalue weighted by Gasteiger charge is -2.30. The van der Waals surface area contributed by atoms with Gasteiger partial charge >= 0.3 is 0 Å². The van der Waals surface area contributed by atoms with E-state index in [1.165, 1.54) is 0 Å². The summed E-state index contributed by atoms with van der Waals surface area (Å²) in [4.78, 5) is 12.2. The Labute approximate surface area is 113 Å². The Bertz CT molecular complexity index is 430. The molecule has 1 saturated heterocycles. The van der Waals surface area contributed by atoms with Gasteiger partial charge in [0.1, 0.15) is 5.69 Å². The van der Waals surface area contributed by atoms with Gasteiger partial charge in [0.2, 0.25) is 0 Å². The highest BCUT2D eigenvalue weighted by Crippen LogP contribution is 2.15. The van der Waals surface area contributed by atoms with Crippen molar-refractivity contribution < 1.29 is 4.79 Å². The molecule has 1 fully saturated rings. The zero-order valence-corrected chi connectivity index (χ0v) is 11.6. The van der Waals surface area contributed by atoms with Gasteiger partial charge in [-0.3, -0.25) is 4.79 Å². The molecular weight excluding hydrogens is 250 g/mol. The number of hydrogen-bond donors (Lipinski definition) is 2. The molecule has 2 N–H and O–H groups in total. The Morgan fingerprint density at radius 3 is 3.11 bits per heavy atom. The number of rotatable bonds is 3. The molecule has 4 nitrogen and oxygen atoms in total. The number of hydrogen-bond acceptors (Lipinski definition) is 2. The summed E-state index contributed by atoms with van der Waals surface area (Å²) in [6.45, 7) is 5.88. The summed E-state index contributed by atoms with van der Waals surface area (Å²) in [7, 11) is 0. The molecular formula is C13H20ClN3O. The fourth-order valence-electron chi connectivity index (χ4n) is 2.41. The molecule has 18 heavy (non-hydrogen) atoms. The minimum Gasteiger partial charge on any atom is -0.346 e. The summed E-state index contributed by atoms with van der Waals surface area (Å²) in [5, 5.41) is 7.08. The van der Waals surface area contributed by atoms with Crippen molar-refractivity contribution in [2.75, 3.05) is 6.54 Å². The summed E-state index contributed by atoms with van der Waals surface area (Å²) in [6.07, 6.45) is 3.92. The highest BCUT2D eigenvalue weighted by atomic mass is 35.5.